The molecule has 0 saturated carbocycles. The Morgan fingerprint density at radius 1 is 1.32 bits per heavy atom. The number of fused-ring (bicyclic) bond motifs is 1. The highest BCUT2D eigenvalue weighted by atomic mass is 16.1. The number of carbonyl (C=O) groups excluding carboxylic acids is 1. The van der Waals surface area contributed by atoms with E-state index in [-0.39, 0.29) is 5.92 Å². The molecule has 1 aromatic carbocycles. The molecule has 3 nitrogen and oxygen atoms in total. The Labute approximate surface area is 113 Å². The van der Waals surface area contributed by atoms with Crippen LogP contribution in [-0.4, -0.2) is 15.6 Å². The second-order valence-corrected chi connectivity index (χ2v) is 5.22. The smallest absolute Gasteiger partial charge is 0.141 e. The third-order valence-electron chi connectivity index (χ3n) is 3.90. The Kier molecular flexibility index (Phi) is 3.20. The molecule has 1 heterocycles. The van der Waals surface area contributed by atoms with E-state index in [9.17, 15) is 4.79 Å². The molecule has 19 heavy (non-hydrogen) atoms. The maximum atomic E-state index is 12.3. The van der Waals surface area contributed by atoms with Crippen molar-refractivity contribution in [3.8, 4) is 0 Å². The number of benzene rings is 1. The number of ketones is 1. The minimum absolute atomic E-state index is 0.155. The van der Waals surface area contributed by atoms with Gasteiger partial charge in [-0.2, -0.15) is 5.10 Å². The maximum Gasteiger partial charge on any atom is 0.141 e. The average molecular weight is 254 g/mol. The van der Waals surface area contributed by atoms with Crippen LogP contribution in [0.4, 0.5) is 0 Å². The molecule has 0 bridgehead atoms. The van der Waals surface area contributed by atoms with Crippen LogP contribution >= 0.6 is 0 Å². The molecule has 2 aromatic rings. The Morgan fingerprint density at radius 3 is 2.58 bits per heavy atom. The Balaban J connectivity index is 1.66. The van der Waals surface area contributed by atoms with E-state index >= 15 is 0 Å². The minimum atomic E-state index is 0.155. The van der Waals surface area contributed by atoms with Gasteiger partial charge in [0.2, 0.25) is 0 Å². The second-order valence-electron chi connectivity index (χ2n) is 5.22. The molecule has 0 unspecified atom stereocenters. The molecule has 0 amide bonds. The lowest BCUT2D eigenvalue weighted by molar-refractivity contribution is -0.121. The van der Waals surface area contributed by atoms with E-state index in [2.05, 4.69) is 29.4 Å². The number of rotatable bonds is 4. The summed E-state index contributed by atoms with van der Waals surface area (Å²) < 4.78 is 1.87. The van der Waals surface area contributed by atoms with Crippen LogP contribution in [0.15, 0.2) is 36.7 Å². The van der Waals surface area contributed by atoms with Crippen molar-refractivity contribution in [3.63, 3.8) is 0 Å². The number of hydrogen-bond acceptors (Lipinski definition) is 2. The van der Waals surface area contributed by atoms with Crippen molar-refractivity contribution in [2.24, 2.45) is 5.92 Å². The minimum Gasteiger partial charge on any atom is -0.299 e. The summed E-state index contributed by atoms with van der Waals surface area (Å²) in [5.41, 5.74) is 3.71. The summed E-state index contributed by atoms with van der Waals surface area (Å²) in [5, 5.41) is 4.22. The lowest BCUT2D eigenvalue weighted by atomic mass is 9.96. The Morgan fingerprint density at radius 2 is 2.00 bits per heavy atom. The SMILES string of the molecule is CCn1cc(CC(=O)C2Cc3ccccc3C2)cn1. The van der Waals surface area contributed by atoms with Gasteiger partial charge < -0.3 is 0 Å². The number of aromatic nitrogens is 2. The van der Waals surface area contributed by atoms with Gasteiger partial charge in [0.1, 0.15) is 5.78 Å². The summed E-state index contributed by atoms with van der Waals surface area (Å²) in [5.74, 6) is 0.495. The van der Waals surface area contributed by atoms with Gasteiger partial charge in [0.15, 0.2) is 0 Å². The van der Waals surface area contributed by atoms with Crippen molar-refractivity contribution in [2.45, 2.75) is 32.7 Å². The first kappa shape index (κ1) is 12.2. The van der Waals surface area contributed by atoms with E-state index < -0.39 is 0 Å². The lowest BCUT2D eigenvalue weighted by Crippen LogP contribution is -2.16. The fourth-order valence-corrected chi connectivity index (χ4v) is 2.80. The highest BCUT2D eigenvalue weighted by Gasteiger charge is 2.26. The normalized spacial score (nSPS) is 14.6. The maximum absolute atomic E-state index is 12.3. The summed E-state index contributed by atoms with van der Waals surface area (Å²) in [6.45, 7) is 2.90. The summed E-state index contributed by atoms with van der Waals surface area (Å²) in [4.78, 5) is 12.3. The monoisotopic (exact) mass is 254 g/mol. The summed E-state index contributed by atoms with van der Waals surface area (Å²) >= 11 is 0. The fourth-order valence-electron chi connectivity index (χ4n) is 2.80. The molecule has 98 valence electrons. The van der Waals surface area contributed by atoms with Crippen molar-refractivity contribution < 1.29 is 4.79 Å². The zero-order valence-electron chi connectivity index (χ0n) is 11.2. The van der Waals surface area contributed by atoms with Gasteiger partial charge in [-0.15, -0.1) is 0 Å². The molecule has 1 aliphatic carbocycles. The number of Topliss-reactive ketones (excluding diaryl/α,β-unsaturated/α-hetero) is 1. The average Bonchev–Trinajstić information content (AvgIpc) is 3.04. The standard InChI is InChI=1S/C16H18N2O/c1-2-18-11-12(10-17-18)7-16(19)15-8-13-5-3-4-6-14(13)9-15/h3-6,10-11,15H,2,7-9H2,1H3. The van der Waals surface area contributed by atoms with E-state index in [1.165, 1.54) is 11.1 Å². The number of carbonyl (C=O) groups is 1. The highest BCUT2D eigenvalue weighted by Crippen LogP contribution is 2.27. The van der Waals surface area contributed by atoms with Gasteiger partial charge in [0.25, 0.3) is 0 Å². The highest BCUT2D eigenvalue weighted by molar-refractivity contribution is 5.84. The van der Waals surface area contributed by atoms with Crippen molar-refractivity contribution in [2.75, 3.05) is 0 Å². The van der Waals surface area contributed by atoms with E-state index in [1.54, 1.807) is 0 Å². The van der Waals surface area contributed by atoms with Gasteiger partial charge in [-0.25, -0.2) is 0 Å². The van der Waals surface area contributed by atoms with Gasteiger partial charge in [-0.05, 0) is 36.5 Å². The number of hydrogen-bond donors (Lipinski definition) is 0. The molecule has 0 fully saturated rings. The molecule has 0 radical (unpaired) electrons. The first-order valence-electron chi connectivity index (χ1n) is 6.87. The van der Waals surface area contributed by atoms with Crippen LogP contribution < -0.4 is 0 Å². The molecule has 1 aliphatic rings. The van der Waals surface area contributed by atoms with E-state index in [0.29, 0.717) is 12.2 Å². The molecule has 0 atom stereocenters. The van der Waals surface area contributed by atoms with Crippen molar-refractivity contribution >= 4 is 5.78 Å². The largest absolute Gasteiger partial charge is 0.299 e. The van der Waals surface area contributed by atoms with Crippen molar-refractivity contribution in [1.29, 1.82) is 0 Å². The molecule has 0 N–H and O–H groups in total. The molecule has 3 rings (SSSR count). The summed E-state index contributed by atoms with van der Waals surface area (Å²) in [7, 11) is 0. The lowest BCUT2D eigenvalue weighted by Gasteiger charge is -2.06. The first-order chi connectivity index (χ1) is 9.26. The zero-order valence-corrected chi connectivity index (χ0v) is 11.2. The predicted octanol–water partition coefficient (Wildman–Crippen LogP) is 2.43. The van der Waals surface area contributed by atoms with E-state index in [1.807, 2.05) is 24.0 Å². The third-order valence-corrected chi connectivity index (χ3v) is 3.90. The topological polar surface area (TPSA) is 34.9 Å². The zero-order chi connectivity index (χ0) is 13.2. The summed E-state index contributed by atoms with van der Waals surface area (Å²) in [6, 6.07) is 8.38. The van der Waals surface area contributed by atoms with Crippen LogP contribution in [0, 0.1) is 5.92 Å². The molecule has 1 aromatic heterocycles. The van der Waals surface area contributed by atoms with Crippen molar-refractivity contribution in [1.82, 2.24) is 9.78 Å². The molecule has 0 spiro atoms. The predicted molar refractivity (Wildman–Crippen MR) is 74.0 cm³/mol. The Bertz CT molecular complexity index is 575. The van der Waals surface area contributed by atoms with Gasteiger partial charge in [-0.3, -0.25) is 9.48 Å². The molecule has 0 saturated heterocycles. The first-order valence-corrected chi connectivity index (χ1v) is 6.87. The van der Waals surface area contributed by atoms with Crippen LogP contribution in [0.3, 0.4) is 0 Å². The van der Waals surface area contributed by atoms with Gasteiger partial charge in [-0.1, -0.05) is 24.3 Å². The van der Waals surface area contributed by atoms with E-state index in [4.69, 9.17) is 0 Å². The molecule has 0 aliphatic heterocycles. The number of aryl methyl sites for hydroxylation is 1. The van der Waals surface area contributed by atoms with Gasteiger partial charge in [0, 0.05) is 25.1 Å². The van der Waals surface area contributed by atoms with Crippen LogP contribution in [0.2, 0.25) is 0 Å². The quantitative estimate of drug-likeness (QED) is 0.840. The Hall–Kier alpha value is -1.90. The molecular formula is C16H18N2O. The van der Waals surface area contributed by atoms with Gasteiger partial charge >= 0.3 is 0 Å². The third kappa shape index (κ3) is 2.46. The van der Waals surface area contributed by atoms with Crippen LogP contribution in [-0.2, 0) is 30.6 Å². The van der Waals surface area contributed by atoms with Gasteiger partial charge in [0.05, 0.1) is 6.20 Å². The van der Waals surface area contributed by atoms with Crippen LogP contribution in [0.5, 0.6) is 0 Å². The van der Waals surface area contributed by atoms with E-state index in [0.717, 1.165) is 24.9 Å². The van der Waals surface area contributed by atoms with Crippen LogP contribution in [0.1, 0.15) is 23.6 Å². The fraction of sp³-hybridized carbons (Fsp3) is 0.375. The molecule has 3 heteroatoms. The molecular weight excluding hydrogens is 236 g/mol. The second kappa shape index (κ2) is 5.00. The van der Waals surface area contributed by atoms with Crippen LogP contribution in [0.25, 0.3) is 0 Å². The van der Waals surface area contributed by atoms with Crippen molar-refractivity contribution in [3.05, 3.63) is 53.3 Å². The summed E-state index contributed by atoms with van der Waals surface area (Å²) in [6.07, 6.45) is 6.09. The number of nitrogens with zero attached hydrogens (tertiary/aromatic N) is 2.